The maximum absolute atomic E-state index is 12.0. The van der Waals surface area contributed by atoms with Crippen LogP contribution in [0.5, 0.6) is 0 Å². The van der Waals surface area contributed by atoms with Crippen molar-refractivity contribution < 1.29 is 4.79 Å². The summed E-state index contributed by atoms with van der Waals surface area (Å²) in [6.07, 6.45) is 6.34. The first-order chi connectivity index (χ1) is 10.2. The molecule has 112 valence electrons. The molecular formula is C17H23N3O. The van der Waals surface area contributed by atoms with Crippen LogP contribution in [0.3, 0.4) is 0 Å². The number of rotatable bonds is 7. The highest BCUT2D eigenvalue weighted by molar-refractivity contribution is 5.90. The molecule has 1 heterocycles. The molecule has 21 heavy (non-hydrogen) atoms. The lowest BCUT2D eigenvalue weighted by Crippen LogP contribution is -2.14. The summed E-state index contributed by atoms with van der Waals surface area (Å²) in [6, 6.07) is 11.8. The summed E-state index contributed by atoms with van der Waals surface area (Å²) >= 11 is 0. The van der Waals surface area contributed by atoms with E-state index in [9.17, 15) is 4.79 Å². The molecule has 1 aromatic heterocycles. The highest BCUT2D eigenvalue weighted by Gasteiger charge is 2.07. The Balaban J connectivity index is 1.91. The number of anilines is 1. The van der Waals surface area contributed by atoms with Crippen LogP contribution in [0.4, 0.5) is 5.69 Å². The van der Waals surface area contributed by atoms with Gasteiger partial charge in [-0.15, -0.1) is 0 Å². The first-order valence-electron chi connectivity index (χ1n) is 7.42. The number of nitrogens with two attached hydrogens (primary N) is 1. The van der Waals surface area contributed by atoms with Crippen LogP contribution in [-0.4, -0.2) is 17.0 Å². The van der Waals surface area contributed by atoms with Gasteiger partial charge in [-0.1, -0.05) is 13.0 Å². The second-order valence-corrected chi connectivity index (χ2v) is 5.41. The normalized spacial score (nSPS) is 12.1. The molecule has 1 atom stereocenters. The van der Waals surface area contributed by atoms with E-state index in [1.807, 2.05) is 53.4 Å². The van der Waals surface area contributed by atoms with Gasteiger partial charge in [0.15, 0.2) is 0 Å². The van der Waals surface area contributed by atoms with Crippen LogP contribution in [-0.2, 0) is 4.79 Å². The Kier molecular flexibility index (Phi) is 5.58. The van der Waals surface area contributed by atoms with Gasteiger partial charge in [0.25, 0.3) is 0 Å². The summed E-state index contributed by atoms with van der Waals surface area (Å²) in [4.78, 5) is 12.0. The van der Waals surface area contributed by atoms with Crippen molar-refractivity contribution in [1.82, 2.24) is 4.57 Å². The Morgan fingerprint density at radius 1 is 1.24 bits per heavy atom. The maximum Gasteiger partial charge on any atom is 0.224 e. The lowest BCUT2D eigenvalue weighted by atomic mass is 10.0. The molecule has 4 nitrogen and oxygen atoms in total. The van der Waals surface area contributed by atoms with Crippen molar-refractivity contribution in [3.63, 3.8) is 0 Å². The molecule has 0 saturated heterocycles. The van der Waals surface area contributed by atoms with E-state index in [1.54, 1.807) is 0 Å². The largest absolute Gasteiger partial charge is 0.330 e. The first kappa shape index (κ1) is 15.3. The maximum atomic E-state index is 12.0. The van der Waals surface area contributed by atoms with Gasteiger partial charge in [0.05, 0.1) is 0 Å². The van der Waals surface area contributed by atoms with Crippen molar-refractivity contribution in [2.75, 3.05) is 11.9 Å². The minimum absolute atomic E-state index is 0.0588. The topological polar surface area (TPSA) is 60.1 Å². The molecule has 0 aliphatic carbocycles. The SMILES string of the molecule is CC(CCN)CCC(=O)Nc1cccc(-n2cccc2)c1. The lowest BCUT2D eigenvalue weighted by Gasteiger charge is -2.11. The predicted octanol–water partition coefficient (Wildman–Crippen LogP) is 3.18. The monoisotopic (exact) mass is 285 g/mol. The van der Waals surface area contributed by atoms with Gasteiger partial charge in [-0.2, -0.15) is 0 Å². The third-order valence-corrected chi connectivity index (χ3v) is 3.56. The molecule has 3 N–H and O–H groups in total. The number of nitrogens with zero attached hydrogens (tertiary/aromatic N) is 1. The number of carbonyl (C=O) groups is 1. The van der Waals surface area contributed by atoms with Gasteiger partial charge in [0, 0.05) is 30.2 Å². The van der Waals surface area contributed by atoms with E-state index in [2.05, 4.69) is 12.2 Å². The number of carbonyl (C=O) groups excluding carboxylic acids is 1. The molecule has 0 bridgehead atoms. The second-order valence-electron chi connectivity index (χ2n) is 5.41. The number of benzene rings is 1. The summed E-state index contributed by atoms with van der Waals surface area (Å²) in [7, 11) is 0. The van der Waals surface area contributed by atoms with E-state index in [4.69, 9.17) is 5.73 Å². The molecule has 1 unspecified atom stereocenters. The average Bonchev–Trinajstić information content (AvgIpc) is 3.00. The molecule has 0 aliphatic heterocycles. The molecule has 0 saturated carbocycles. The molecule has 0 fully saturated rings. The van der Waals surface area contributed by atoms with Gasteiger partial charge >= 0.3 is 0 Å². The zero-order valence-electron chi connectivity index (χ0n) is 12.5. The molecule has 0 spiro atoms. The van der Waals surface area contributed by atoms with Gasteiger partial charge in [0.1, 0.15) is 0 Å². The van der Waals surface area contributed by atoms with Gasteiger partial charge in [0.2, 0.25) is 5.91 Å². The number of aromatic nitrogens is 1. The first-order valence-corrected chi connectivity index (χ1v) is 7.42. The second kappa shape index (κ2) is 7.64. The Hall–Kier alpha value is -2.07. The molecule has 4 heteroatoms. The van der Waals surface area contributed by atoms with E-state index in [0.717, 1.165) is 24.2 Å². The average molecular weight is 285 g/mol. The fourth-order valence-electron chi connectivity index (χ4n) is 2.28. The van der Waals surface area contributed by atoms with Crippen molar-refractivity contribution in [1.29, 1.82) is 0 Å². The predicted molar refractivity (Wildman–Crippen MR) is 86.5 cm³/mol. The van der Waals surface area contributed by atoms with Crippen molar-refractivity contribution in [3.8, 4) is 5.69 Å². The van der Waals surface area contributed by atoms with Crippen LogP contribution in [0.25, 0.3) is 5.69 Å². The third-order valence-electron chi connectivity index (χ3n) is 3.56. The zero-order valence-corrected chi connectivity index (χ0v) is 12.5. The fourth-order valence-corrected chi connectivity index (χ4v) is 2.28. The van der Waals surface area contributed by atoms with Crippen molar-refractivity contribution >= 4 is 11.6 Å². The van der Waals surface area contributed by atoms with E-state index >= 15 is 0 Å². The van der Waals surface area contributed by atoms with Crippen molar-refractivity contribution in [2.24, 2.45) is 11.7 Å². The van der Waals surface area contributed by atoms with Crippen LogP contribution in [0.2, 0.25) is 0 Å². The van der Waals surface area contributed by atoms with Gasteiger partial charge in [-0.3, -0.25) is 4.79 Å². The highest BCUT2D eigenvalue weighted by atomic mass is 16.1. The highest BCUT2D eigenvalue weighted by Crippen LogP contribution is 2.16. The summed E-state index contributed by atoms with van der Waals surface area (Å²) in [5, 5.41) is 2.96. The quantitative estimate of drug-likeness (QED) is 0.820. The molecule has 2 rings (SSSR count). The molecule has 0 radical (unpaired) electrons. The Morgan fingerprint density at radius 3 is 2.71 bits per heavy atom. The minimum Gasteiger partial charge on any atom is -0.330 e. The Bertz CT molecular complexity index is 563. The number of hydrogen-bond acceptors (Lipinski definition) is 2. The zero-order chi connectivity index (χ0) is 15.1. The van der Waals surface area contributed by atoms with Gasteiger partial charge in [-0.05, 0) is 55.6 Å². The summed E-state index contributed by atoms with van der Waals surface area (Å²) in [6.45, 7) is 2.81. The third kappa shape index (κ3) is 4.76. The Labute approximate surface area is 126 Å². The number of amides is 1. The van der Waals surface area contributed by atoms with Crippen LogP contribution in [0.15, 0.2) is 48.8 Å². The lowest BCUT2D eigenvalue weighted by molar-refractivity contribution is -0.116. The smallest absolute Gasteiger partial charge is 0.224 e. The van der Waals surface area contributed by atoms with Crippen molar-refractivity contribution in [3.05, 3.63) is 48.8 Å². The van der Waals surface area contributed by atoms with Crippen LogP contribution < -0.4 is 11.1 Å². The van der Waals surface area contributed by atoms with E-state index in [1.165, 1.54) is 0 Å². The van der Waals surface area contributed by atoms with E-state index < -0.39 is 0 Å². The molecule has 1 aromatic carbocycles. The van der Waals surface area contributed by atoms with Crippen LogP contribution in [0.1, 0.15) is 26.2 Å². The number of nitrogens with one attached hydrogen (secondary N) is 1. The summed E-state index contributed by atoms with van der Waals surface area (Å²) in [5.74, 6) is 0.551. The van der Waals surface area contributed by atoms with Gasteiger partial charge < -0.3 is 15.6 Å². The van der Waals surface area contributed by atoms with Gasteiger partial charge in [-0.25, -0.2) is 0 Å². The number of hydrogen-bond donors (Lipinski definition) is 2. The Morgan fingerprint density at radius 2 is 2.00 bits per heavy atom. The van der Waals surface area contributed by atoms with Crippen LogP contribution in [0, 0.1) is 5.92 Å². The van der Waals surface area contributed by atoms with E-state index in [0.29, 0.717) is 18.9 Å². The van der Waals surface area contributed by atoms with Crippen molar-refractivity contribution in [2.45, 2.75) is 26.2 Å². The van der Waals surface area contributed by atoms with Crippen LogP contribution >= 0.6 is 0 Å². The molecule has 2 aromatic rings. The van der Waals surface area contributed by atoms with E-state index in [-0.39, 0.29) is 5.91 Å². The standard InChI is InChI=1S/C17H23N3O/c1-14(9-10-18)7-8-17(21)19-15-5-4-6-16(13-15)20-11-2-3-12-20/h2-6,11-14H,7-10,18H2,1H3,(H,19,21). The minimum atomic E-state index is 0.0588. The summed E-state index contributed by atoms with van der Waals surface area (Å²) in [5.41, 5.74) is 7.39. The molecule has 0 aliphatic rings. The molecular weight excluding hydrogens is 262 g/mol. The fraction of sp³-hybridized carbons (Fsp3) is 0.353. The molecule has 1 amide bonds. The summed E-state index contributed by atoms with van der Waals surface area (Å²) < 4.78 is 2.01.